The van der Waals surface area contributed by atoms with Crippen molar-refractivity contribution in [2.45, 2.75) is 31.7 Å². The molecule has 3 nitrogen and oxygen atoms in total. The summed E-state index contributed by atoms with van der Waals surface area (Å²) in [4.78, 5) is 14.2. The SMILES string of the molecule is N[C@H](C(=O)N1CCCCCC1)c1ccccc1. The van der Waals surface area contributed by atoms with Crippen LogP contribution in [-0.4, -0.2) is 23.9 Å². The Morgan fingerprint density at radius 2 is 1.65 bits per heavy atom. The van der Waals surface area contributed by atoms with Gasteiger partial charge < -0.3 is 10.6 Å². The maximum Gasteiger partial charge on any atom is 0.244 e. The second-order valence-electron chi connectivity index (χ2n) is 4.63. The first-order valence-electron chi connectivity index (χ1n) is 6.38. The van der Waals surface area contributed by atoms with E-state index in [2.05, 4.69) is 0 Å². The monoisotopic (exact) mass is 232 g/mol. The molecule has 3 heteroatoms. The van der Waals surface area contributed by atoms with Gasteiger partial charge >= 0.3 is 0 Å². The first kappa shape index (κ1) is 12.1. The van der Waals surface area contributed by atoms with Crippen molar-refractivity contribution in [2.24, 2.45) is 5.73 Å². The van der Waals surface area contributed by atoms with Gasteiger partial charge in [-0.3, -0.25) is 4.79 Å². The van der Waals surface area contributed by atoms with Crippen LogP contribution in [0.1, 0.15) is 37.3 Å². The average molecular weight is 232 g/mol. The largest absolute Gasteiger partial charge is 0.341 e. The summed E-state index contributed by atoms with van der Waals surface area (Å²) in [6.45, 7) is 1.72. The highest BCUT2D eigenvalue weighted by Gasteiger charge is 2.22. The van der Waals surface area contributed by atoms with Crippen LogP contribution in [0, 0.1) is 0 Å². The minimum Gasteiger partial charge on any atom is -0.341 e. The van der Waals surface area contributed by atoms with Gasteiger partial charge in [-0.05, 0) is 18.4 Å². The molecule has 0 spiro atoms. The first-order chi connectivity index (χ1) is 8.29. The van der Waals surface area contributed by atoms with Gasteiger partial charge in [-0.2, -0.15) is 0 Å². The van der Waals surface area contributed by atoms with Gasteiger partial charge in [0.15, 0.2) is 0 Å². The van der Waals surface area contributed by atoms with E-state index in [1.807, 2.05) is 35.2 Å². The number of likely N-dealkylation sites (tertiary alicyclic amines) is 1. The molecule has 1 aliphatic heterocycles. The minimum absolute atomic E-state index is 0.0677. The third-order valence-electron chi connectivity index (χ3n) is 3.34. The Bertz CT molecular complexity index is 356. The van der Waals surface area contributed by atoms with Crippen LogP contribution in [-0.2, 0) is 4.79 Å². The molecule has 17 heavy (non-hydrogen) atoms. The Balaban J connectivity index is 2.03. The van der Waals surface area contributed by atoms with E-state index in [-0.39, 0.29) is 5.91 Å². The van der Waals surface area contributed by atoms with E-state index in [9.17, 15) is 4.79 Å². The van der Waals surface area contributed by atoms with Crippen LogP contribution >= 0.6 is 0 Å². The predicted octanol–water partition coefficient (Wildman–Crippen LogP) is 2.09. The summed E-state index contributed by atoms with van der Waals surface area (Å²) >= 11 is 0. The van der Waals surface area contributed by atoms with Crippen molar-refractivity contribution >= 4 is 5.91 Å². The lowest BCUT2D eigenvalue weighted by atomic mass is 10.1. The molecule has 0 unspecified atom stereocenters. The summed E-state index contributed by atoms with van der Waals surface area (Å²) in [6.07, 6.45) is 4.66. The lowest BCUT2D eigenvalue weighted by molar-refractivity contribution is -0.132. The maximum absolute atomic E-state index is 12.3. The quantitative estimate of drug-likeness (QED) is 0.848. The summed E-state index contributed by atoms with van der Waals surface area (Å²) in [5.74, 6) is 0.0677. The Labute approximate surface area is 103 Å². The fraction of sp³-hybridized carbons (Fsp3) is 0.500. The van der Waals surface area contributed by atoms with Gasteiger partial charge in [-0.15, -0.1) is 0 Å². The molecule has 0 aliphatic carbocycles. The van der Waals surface area contributed by atoms with Crippen molar-refractivity contribution in [1.82, 2.24) is 4.90 Å². The molecule has 1 heterocycles. The van der Waals surface area contributed by atoms with Crippen LogP contribution in [0.2, 0.25) is 0 Å². The number of hydrogen-bond acceptors (Lipinski definition) is 2. The zero-order valence-corrected chi connectivity index (χ0v) is 10.1. The molecule has 1 atom stereocenters. The molecule has 1 aliphatic rings. The highest BCUT2D eigenvalue weighted by molar-refractivity contribution is 5.83. The zero-order valence-electron chi connectivity index (χ0n) is 10.1. The predicted molar refractivity (Wildman–Crippen MR) is 68.4 cm³/mol. The molecule has 2 rings (SSSR count). The van der Waals surface area contributed by atoms with Crippen molar-refractivity contribution < 1.29 is 4.79 Å². The second kappa shape index (κ2) is 5.82. The van der Waals surface area contributed by atoms with Gasteiger partial charge in [0.05, 0.1) is 0 Å². The summed E-state index contributed by atoms with van der Waals surface area (Å²) in [7, 11) is 0. The van der Waals surface area contributed by atoms with Gasteiger partial charge in [-0.1, -0.05) is 43.2 Å². The van der Waals surface area contributed by atoms with E-state index in [1.165, 1.54) is 12.8 Å². The van der Waals surface area contributed by atoms with Crippen LogP contribution in [0.25, 0.3) is 0 Å². The fourth-order valence-electron chi connectivity index (χ4n) is 2.29. The van der Waals surface area contributed by atoms with E-state index in [0.717, 1.165) is 31.5 Å². The lowest BCUT2D eigenvalue weighted by Gasteiger charge is -2.24. The molecule has 0 radical (unpaired) electrons. The molecule has 92 valence electrons. The molecule has 1 aromatic rings. The molecular formula is C14H20N2O. The molecule has 1 fully saturated rings. The van der Waals surface area contributed by atoms with Crippen LogP contribution in [0.5, 0.6) is 0 Å². The van der Waals surface area contributed by atoms with Crippen molar-refractivity contribution in [3.05, 3.63) is 35.9 Å². The summed E-state index contributed by atoms with van der Waals surface area (Å²) < 4.78 is 0. The zero-order chi connectivity index (χ0) is 12.1. The molecule has 0 saturated carbocycles. The third-order valence-corrected chi connectivity index (χ3v) is 3.34. The van der Waals surface area contributed by atoms with Gasteiger partial charge in [0, 0.05) is 13.1 Å². The van der Waals surface area contributed by atoms with Crippen LogP contribution in [0.15, 0.2) is 30.3 Å². The molecule has 1 saturated heterocycles. The molecule has 0 aromatic heterocycles. The Morgan fingerprint density at radius 1 is 1.06 bits per heavy atom. The number of hydrogen-bond donors (Lipinski definition) is 1. The summed E-state index contributed by atoms with van der Waals surface area (Å²) in [5, 5.41) is 0. The third kappa shape index (κ3) is 3.07. The molecular weight excluding hydrogens is 212 g/mol. The van der Waals surface area contributed by atoms with Gasteiger partial charge in [-0.25, -0.2) is 0 Å². The summed E-state index contributed by atoms with van der Waals surface area (Å²) in [5.41, 5.74) is 6.93. The molecule has 2 N–H and O–H groups in total. The topological polar surface area (TPSA) is 46.3 Å². The van der Waals surface area contributed by atoms with Gasteiger partial charge in [0.25, 0.3) is 0 Å². The van der Waals surface area contributed by atoms with Gasteiger partial charge in [0.1, 0.15) is 6.04 Å². The van der Waals surface area contributed by atoms with E-state index in [4.69, 9.17) is 5.73 Å². The number of nitrogens with two attached hydrogens (primary N) is 1. The van der Waals surface area contributed by atoms with Crippen LogP contribution < -0.4 is 5.73 Å². The van der Waals surface area contributed by atoms with Crippen LogP contribution in [0.4, 0.5) is 0 Å². The molecule has 1 amide bonds. The fourth-order valence-corrected chi connectivity index (χ4v) is 2.29. The van der Waals surface area contributed by atoms with Gasteiger partial charge in [0.2, 0.25) is 5.91 Å². The number of rotatable bonds is 2. The minimum atomic E-state index is -0.505. The van der Waals surface area contributed by atoms with E-state index >= 15 is 0 Å². The Morgan fingerprint density at radius 3 is 2.24 bits per heavy atom. The lowest BCUT2D eigenvalue weighted by Crippen LogP contribution is -2.39. The second-order valence-corrected chi connectivity index (χ2v) is 4.63. The smallest absolute Gasteiger partial charge is 0.244 e. The molecule has 1 aromatic carbocycles. The number of amides is 1. The van der Waals surface area contributed by atoms with Crippen molar-refractivity contribution in [1.29, 1.82) is 0 Å². The standard InChI is InChI=1S/C14H20N2O/c15-13(12-8-4-3-5-9-12)14(17)16-10-6-1-2-7-11-16/h3-5,8-9,13H,1-2,6-7,10-11,15H2/t13-/m0/s1. The Kier molecular flexibility index (Phi) is 4.15. The normalized spacial score (nSPS) is 18.5. The number of carbonyl (C=O) groups is 1. The molecule has 0 bridgehead atoms. The number of nitrogens with zero attached hydrogens (tertiary/aromatic N) is 1. The van der Waals surface area contributed by atoms with E-state index < -0.39 is 6.04 Å². The maximum atomic E-state index is 12.3. The van der Waals surface area contributed by atoms with Crippen LogP contribution in [0.3, 0.4) is 0 Å². The average Bonchev–Trinajstić information content (AvgIpc) is 2.67. The highest BCUT2D eigenvalue weighted by Crippen LogP contribution is 2.16. The number of benzene rings is 1. The van der Waals surface area contributed by atoms with Crippen molar-refractivity contribution in [3.63, 3.8) is 0 Å². The summed E-state index contributed by atoms with van der Waals surface area (Å²) in [6, 6.07) is 9.11. The van der Waals surface area contributed by atoms with Crippen molar-refractivity contribution in [3.8, 4) is 0 Å². The van der Waals surface area contributed by atoms with E-state index in [0.29, 0.717) is 0 Å². The van der Waals surface area contributed by atoms with Crippen molar-refractivity contribution in [2.75, 3.05) is 13.1 Å². The first-order valence-corrected chi connectivity index (χ1v) is 6.38. The Hall–Kier alpha value is -1.35. The van der Waals surface area contributed by atoms with E-state index in [1.54, 1.807) is 0 Å². The highest BCUT2D eigenvalue weighted by atomic mass is 16.2. The number of carbonyl (C=O) groups excluding carboxylic acids is 1.